The fourth-order valence-electron chi connectivity index (χ4n) is 2.97. The van der Waals surface area contributed by atoms with Gasteiger partial charge in [-0.1, -0.05) is 12.1 Å². The molecule has 3 aromatic rings. The van der Waals surface area contributed by atoms with Crippen molar-refractivity contribution in [1.82, 2.24) is 15.1 Å². The molecule has 2 aromatic carbocycles. The Morgan fingerprint density at radius 3 is 2.29 bits per heavy atom. The molecule has 1 aliphatic heterocycles. The topological polar surface area (TPSA) is 103 Å². The predicted molar refractivity (Wildman–Crippen MR) is 96.4 cm³/mol. The molecule has 28 heavy (non-hydrogen) atoms. The van der Waals surface area contributed by atoms with E-state index >= 15 is 0 Å². The molecular weight excluding hydrogens is 362 g/mol. The van der Waals surface area contributed by atoms with Crippen molar-refractivity contribution in [2.24, 2.45) is 0 Å². The second kappa shape index (κ2) is 7.43. The Morgan fingerprint density at radius 2 is 1.68 bits per heavy atom. The van der Waals surface area contributed by atoms with Gasteiger partial charge in [-0.05, 0) is 42.8 Å². The normalized spacial score (nSPS) is 12.9. The molecule has 2 amide bonds. The summed E-state index contributed by atoms with van der Waals surface area (Å²) >= 11 is 0. The molecule has 1 aliphatic rings. The maximum Gasteiger partial charge on any atom is 0.311 e. The molecule has 0 atom stereocenters. The minimum absolute atomic E-state index is 0.0822. The molecular formula is C20H15N3O5. The second-order valence-corrected chi connectivity index (χ2v) is 6.15. The van der Waals surface area contributed by atoms with Crippen LogP contribution in [0.15, 0.2) is 59.3 Å². The number of aromatic nitrogens is 2. The first-order valence-corrected chi connectivity index (χ1v) is 8.66. The quantitative estimate of drug-likeness (QED) is 0.370. The highest BCUT2D eigenvalue weighted by Gasteiger charge is 2.34. The van der Waals surface area contributed by atoms with Crippen LogP contribution < -0.4 is 4.74 Å². The van der Waals surface area contributed by atoms with Crippen LogP contribution in [0.5, 0.6) is 5.75 Å². The highest BCUT2D eigenvalue weighted by Crippen LogP contribution is 2.23. The van der Waals surface area contributed by atoms with Gasteiger partial charge in [0.15, 0.2) is 0 Å². The third kappa shape index (κ3) is 3.39. The number of fused-ring (bicyclic) bond motifs is 1. The number of amides is 2. The van der Waals surface area contributed by atoms with Crippen molar-refractivity contribution < 1.29 is 23.5 Å². The maximum absolute atomic E-state index is 12.3. The van der Waals surface area contributed by atoms with Gasteiger partial charge in [0.05, 0.1) is 11.1 Å². The van der Waals surface area contributed by atoms with Gasteiger partial charge in [-0.2, -0.15) is 0 Å². The number of imide groups is 1. The van der Waals surface area contributed by atoms with Crippen molar-refractivity contribution >= 4 is 17.8 Å². The fourth-order valence-corrected chi connectivity index (χ4v) is 2.97. The Morgan fingerprint density at radius 1 is 1.00 bits per heavy atom. The van der Waals surface area contributed by atoms with Crippen molar-refractivity contribution in [2.75, 3.05) is 6.54 Å². The average molecular weight is 377 g/mol. The lowest BCUT2D eigenvalue weighted by Gasteiger charge is -2.13. The first kappa shape index (κ1) is 17.6. The van der Waals surface area contributed by atoms with Crippen molar-refractivity contribution in [3.63, 3.8) is 0 Å². The van der Waals surface area contributed by atoms with E-state index in [0.717, 1.165) is 4.90 Å². The molecule has 0 radical (unpaired) electrons. The number of benzene rings is 2. The van der Waals surface area contributed by atoms with Crippen LogP contribution in [0.25, 0.3) is 11.5 Å². The Balaban J connectivity index is 1.28. The molecule has 0 saturated heterocycles. The van der Waals surface area contributed by atoms with Gasteiger partial charge in [0, 0.05) is 18.5 Å². The minimum Gasteiger partial charge on any atom is -0.427 e. The highest BCUT2D eigenvalue weighted by molar-refractivity contribution is 6.21. The summed E-state index contributed by atoms with van der Waals surface area (Å²) in [7, 11) is 0. The Hall–Kier alpha value is -3.81. The van der Waals surface area contributed by atoms with E-state index < -0.39 is 5.97 Å². The number of hydrogen-bond acceptors (Lipinski definition) is 7. The van der Waals surface area contributed by atoms with E-state index in [1.165, 1.54) is 6.39 Å². The van der Waals surface area contributed by atoms with Gasteiger partial charge < -0.3 is 9.15 Å². The van der Waals surface area contributed by atoms with Crippen molar-refractivity contribution in [3.05, 3.63) is 66.1 Å². The lowest BCUT2D eigenvalue weighted by Crippen LogP contribution is -2.31. The maximum atomic E-state index is 12.3. The molecule has 0 saturated carbocycles. The van der Waals surface area contributed by atoms with Crippen molar-refractivity contribution in [1.29, 1.82) is 0 Å². The lowest BCUT2D eigenvalue weighted by molar-refractivity contribution is -0.134. The Bertz CT molecular complexity index is 993. The molecule has 0 fully saturated rings. The van der Waals surface area contributed by atoms with Gasteiger partial charge in [0.25, 0.3) is 11.8 Å². The summed E-state index contributed by atoms with van der Waals surface area (Å²) in [6, 6.07) is 13.3. The zero-order valence-electron chi connectivity index (χ0n) is 14.7. The van der Waals surface area contributed by atoms with E-state index in [4.69, 9.17) is 9.15 Å². The Kier molecular flexibility index (Phi) is 4.67. The number of rotatable bonds is 6. The van der Waals surface area contributed by atoms with E-state index in [1.807, 2.05) is 0 Å². The molecule has 0 unspecified atom stereocenters. The van der Waals surface area contributed by atoms with E-state index in [-0.39, 0.29) is 24.8 Å². The number of esters is 1. The molecule has 1 aromatic heterocycles. The molecule has 0 spiro atoms. The van der Waals surface area contributed by atoms with Crippen LogP contribution in [-0.2, 0) is 4.79 Å². The van der Waals surface area contributed by atoms with Crippen LogP contribution in [-0.4, -0.2) is 39.4 Å². The van der Waals surface area contributed by atoms with Crippen LogP contribution in [0.2, 0.25) is 0 Å². The van der Waals surface area contributed by atoms with Crippen LogP contribution in [0.1, 0.15) is 33.6 Å². The van der Waals surface area contributed by atoms with Gasteiger partial charge in [-0.15, -0.1) is 10.2 Å². The van der Waals surface area contributed by atoms with E-state index in [0.29, 0.717) is 34.8 Å². The SMILES string of the molecule is O=C(CCCN1C(=O)c2ccccc2C1=O)Oc1ccc(-c2nnco2)cc1. The fraction of sp³-hybridized carbons (Fsp3) is 0.150. The summed E-state index contributed by atoms with van der Waals surface area (Å²) in [6.07, 6.45) is 1.64. The molecule has 0 N–H and O–H groups in total. The molecule has 140 valence electrons. The summed E-state index contributed by atoms with van der Waals surface area (Å²) in [5.74, 6) is -0.342. The van der Waals surface area contributed by atoms with E-state index in [9.17, 15) is 14.4 Å². The predicted octanol–water partition coefficient (Wildman–Crippen LogP) is 2.72. The van der Waals surface area contributed by atoms with Gasteiger partial charge in [0.1, 0.15) is 5.75 Å². The monoisotopic (exact) mass is 377 g/mol. The molecule has 0 bridgehead atoms. The second-order valence-electron chi connectivity index (χ2n) is 6.15. The summed E-state index contributed by atoms with van der Waals surface area (Å²) in [6.45, 7) is 0.164. The number of nitrogens with zero attached hydrogens (tertiary/aromatic N) is 3. The van der Waals surface area contributed by atoms with Gasteiger partial charge in [0.2, 0.25) is 12.3 Å². The first-order valence-electron chi connectivity index (χ1n) is 8.66. The molecule has 4 rings (SSSR count). The van der Waals surface area contributed by atoms with E-state index in [1.54, 1.807) is 48.5 Å². The summed E-state index contributed by atoms with van der Waals surface area (Å²) < 4.78 is 10.4. The van der Waals surface area contributed by atoms with Crippen molar-refractivity contribution in [2.45, 2.75) is 12.8 Å². The summed E-state index contributed by atoms with van der Waals surface area (Å²) in [5, 5.41) is 7.40. The largest absolute Gasteiger partial charge is 0.427 e. The third-order valence-electron chi connectivity index (χ3n) is 4.33. The van der Waals surface area contributed by atoms with Crippen LogP contribution >= 0.6 is 0 Å². The minimum atomic E-state index is -0.442. The number of ether oxygens (including phenoxy) is 1. The molecule has 8 heteroatoms. The smallest absolute Gasteiger partial charge is 0.311 e. The van der Waals surface area contributed by atoms with E-state index in [2.05, 4.69) is 10.2 Å². The third-order valence-corrected chi connectivity index (χ3v) is 4.33. The standard InChI is InChI=1S/C20H15N3O5/c24-17(28-14-9-7-13(8-10-14)18-22-21-12-27-18)6-3-11-23-19(25)15-4-1-2-5-16(15)20(23)26/h1-2,4-5,7-10,12H,3,6,11H2. The number of carbonyl (C=O) groups excluding carboxylic acids is 3. The van der Waals surface area contributed by atoms with Gasteiger partial charge in [-0.3, -0.25) is 19.3 Å². The number of hydrogen-bond donors (Lipinski definition) is 0. The van der Waals surface area contributed by atoms with Crippen LogP contribution in [0.3, 0.4) is 0 Å². The van der Waals surface area contributed by atoms with Crippen LogP contribution in [0, 0.1) is 0 Å². The number of carbonyl (C=O) groups is 3. The molecule has 8 nitrogen and oxygen atoms in total. The van der Waals surface area contributed by atoms with Gasteiger partial charge >= 0.3 is 5.97 Å². The average Bonchev–Trinajstić information content (AvgIpc) is 3.32. The van der Waals surface area contributed by atoms with Crippen LogP contribution in [0.4, 0.5) is 0 Å². The Labute approximate surface area is 159 Å². The van der Waals surface area contributed by atoms with Crippen molar-refractivity contribution in [3.8, 4) is 17.2 Å². The highest BCUT2D eigenvalue weighted by atomic mass is 16.5. The first-order chi connectivity index (χ1) is 13.6. The van der Waals surface area contributed by atoms with Gasteiger partial charge in [-0.25, -0.2) is 0 Å². The molecule has 0 aliphatic carbocycles. The zero-order chi connectivity index (χ0) is 19.5. The molecule has 2 heterocycles. The summed E-state index contributed by atoms with van der Waals surface area (Å²) in [5.41, 5.74) is 1.51. The zero-order valence-corrected chi connectivity index (χ0v) is 14.7. The lowest BCUT2D eigenvalue weighted by atomic mass is 10.1. The summed E-state index contributed by atoms with van der Waals surface area (Å²) in [4.78, 5) is 37.7.